The lowest BCUT2D eigenvalue weighted by Gasteiger charge is -2.39. The number of nitrogens with two attached hydrogens (primary N) is 1. The van der Waals surface area contributed by atoms with Crippen LogP contribution in [0.1, 0.15) is 22.3 Å². The molecule has 182 valence electrons. The fourth-order valence-electron chi connectivity index (χ4n) is 4.59. The van der Waals surface area contributed by atoms with Gasteiger partial charge in [-0.15, -0.1) is 0 Å². The number of carboxylic acid groups (broad SMARTS) is 1. The third kappa shape index (κ3) is 6.26. The Balaban J connectivity index is 1.49. The number of aliphatic carboxylic acids is 1. The molecule has 5 N–H and O–H groups in total. The van der Waals surface area contributed by atoms with Crippen LogP contribution in [0.25, 0.3) is 0 Å². The number of hydrogen-bond acceptors (Lipinski definition) is 5. The number of fused-ring (bicyclic) bond motifs is 1. The summed E-state index contributed by atoms with van der Waals surface area (Å²) in [4.78, 5) is 27.2. The molecule has 7 nitrogen and oxygen atoms in total. The van der Waals surface area contributed by atoms with E-state index < -0.39 is 18.1 Å². The van der Waals surface area contributed by atoms with Gasteiger partial charge >= 0.3 is 5.97 Å². The second-order valence-electron chi connectivity index (χ2n) is 9.06. The van der Waals surface area contributed by atoms with Crippen LogP contribution in [-0.2, 0) is 35.4 Å². The zero-order valence-electron chi connectivity index (χ0n) is 19.5. The number of rotatable bonds is 9. The molecule has 4 rings (SSSR count). The number of phenols is 1. The SMILES string of the molecule is N[C@@H](Cc1ccc(O)cc1)C(=O)N1Cc2ccccc2C[C@@H]1CN[C@@H](Cc1ccccc1)C(=O)O. The first kappa shape index (κ1) is 24.4. The average molecular weight is 474 g/mol. The van der Waals surface area contributed by atoms with E-state index in [0.717, 1.165) is 22.3 Å². The van der Waals surface area contributed by atoms with Crippen LogP contribution in [0, 0.1) is 0 Å². The van der Waals surface area contributed by atoms with Gasteiger partial charge in [-0.1, -0.05) is 66.7 Å². The van der Waals surface area contributed by atoms with E-state index >= 15 is 0 Å². The van der Waals surface area contributed by atoms with E-state index in [-0.39, 0.29) is 17.7 Å². The minimum absolute atomic E-state index is 0.163. The zero-order chi connectivity index (χ0) is 24.8. The Kier molecular flexibility index (Phi) is 7.80. The third-order valence-corrected chi connectivity index (χ3v) is 6.53. The molecule has 0 fully saturated rings. The summed E-state index contributed by atoms with van der Waals surface area (Å²) < 4.78 is 0. The lowest BCUT2D eigenvalue weighted by molar-refractivity contribution is -0.139. The van der Waals surface area contributed by atoms with Crippen molar-refractivity contribution in [2.45, 2.75) is 43.9 Å². The lowest BCUT2D eigenvalue weighted by atomic mass is 9.92. The molecule has 35 heavy (non-hydrogen) atoms. The molecule has 1 aliphatic rings. The average Bonchev–Trinajstić information content (AvgIpc) is 2.87. The molecule has 0 aromatic heterocycles. The van der Waals surface area contributed by atoms with Gasteiger partial charge in [-0.3, -0.25) is 9.59 Å². The normalized spacial score (nSPS) is 16.8. The predicted octanol–water partition coefficient (Wildman–Crippen LogP) is 2.50. The van der Waals surface area contributed by atoms with Crippen LogP contribution in [0.2, 0.25) is 0 Å². The molecule has 3 aromatic carbocycles. The molecular weight excluding hydrogens is 442 g/mol. The largest absolute Gasteiger partial charge is 0.508 e. The number of hydrogen-bond donors (Lipinski definition) is 4. The molecule has 3 atom stereocenters. The minimum atomic E-state index is -0.924. The molecule has 1 heterocycles. The number of amides is 1. The molecule has 0 saturated heterocycles. The van der Waals surface area contributed by atoms with Crippen molar-refractivity contribution in [3.63, 3.8) is 0 Å². The second-order valence-corrected chi connectivity index (χ2v) is 9.06. The molecular formula is C28H31N3O4. The lowest BCUT2D eigenvalue weighted by Crippen LogP contribution is -2.56. The Morgan fingerprint density at radius 1 is 0.914 bits per heavy atom. The quantitative estimate of drug-likeness (QED) is 0.380. The van der Waals surface area contributed by atoms with Crippen molar-refractivity contribution in [2.24, 2.45) is 5.73 Å². The molecule has 0 aliphatic carbocycles. The van der Waals surface area contributed by atoms with Gasteiger partial charge in [0.2, 0.25) is 5.91 Å². The van der Waals surface area contributed by atoms with Gasteiger partial charge in [0.15, 0.2) is 0 Å². The van der Waals surface area contributed by atoms with Gasteiger partial charge in [0.05, 0.1) is 6.04 Å². The number of nitrogens with zero attached hydrogens (tertiary/aromatic N) is 1. The molecule has 1 amide bonds. The Bertz CT molecular complexity index is 1150. The summed E-state index contributed by atoms with van der Waals surface area (Å²) in [6, 6.07) is 22.4. The van der Waals surface area contributed by atoms with Crippen molar-refractivity contribution in [3.05, 3.63) is 101 Å². The zero-order valence-corrected chi connectivity index (χ0v) is 19.5. The molecule has 0 unspecified atom stereocenters. The fourth-order valence-corrected chi connectivity index (χ4v) is 4.59. The van der Waals surface area contributed by atoms with E-state index in [4.69, 9.17) is 5.73 Å². The van der Waals surface area contributed by atoms with Crippen molar-refractivity contribution in [2.75, 3.05) is 6.54 Å². The van der Waals surface area contributed by atoms with E-state index in [1.54, 1.807) is 29.2 Å². The van der Waals surface area contributed by atoms with Crippen LogP contribution < -0.4 is 11.1 Å². The van der Waals surface area contributed by atoms with Gasteiger partial charge in [-0.25, -0.2) is 0 Å². The summed E-state index contributed by atoms with van der Waals surface area (Å²) in [5.74, 6) is -0.933. The highest BCUT2D eigenvalue weighted by Gasteiger charge is 2.33. The van der Waals surface area contributed by atoms with E-state index in [1.165, 1.54) is 0 Å². The second kappa shape index (κ2) is 11.2. The van der Waals surface area contributed by atoms with Crippen molar-refractivity contribution < 1.29 is 19.8 Å². The van der Waals surface area contributed by atoms with E-state index in [2.05, 4.69) is 11.4 Å². The molecule has 0 spiro atoms. The molecule has 0 bridgehead atoms. The van der Waals surface area contributed by atoms with Crippen LogP contribution >= 0.6 is 0 Å². The number of benzene rings is 3. The predicted molar refractivity (Wildman–Crippen MR) is 134 cm³/mol. The van der Waals surface area contributed by atoms with Gasteiger partial charge in [-0.05, 0) is 53.6 Å². The molecule has 0 saturated carbocycles. The Labute approximate surface area is 205 Å². The Morgan fingerprint density at radius 2 is 1.54 bits per heavy atom. The highest BCUT2D eigenvalue weighted by molar-refractivity contribution is 5.82. The summed E-state index contributed by atoms with van der Waals surface area (Å²) in [6.45, 7) is 0.775. The number of carbonyl (C=O) groups is 2. The summed E-state index contributed by atoms with van der Waals surface area (Å²) in [5, 5.41) is 22.5. The van der Waals surface area contributed by atoms with Crippen molar-refractivity contribution in [1.82, 2.24) is 10.2 Å². The molecule has 3 aromatic rings. The topological polar surface area (TPSA) is 116 Å². The number of phenolic OH excluding ortho intramolecular Hbond substituents is 1. The minimum Gasteiger partial charge on any atom is -0.508 e. The summed E-state index contributed by atoms with van der Waals surface area (Å²) in [6.07, 6.45) is 1.33. The van der Waals surface area contributed by atoms with Crippen LogP contribution in [-0.4, -0.2) is 51.7 Å². The highest BCUT2D eigenvalue weighted by Crippen LogP contribution is 2.24. The standard InChI is InChI=1S/C28H31N3O4/c29-25(14-20-10-12-24(32)13-11-20)27(33)31-18-22-9-5-4-8-21(22)16-23(31)17-30-26(28(34)35)15-19-6-2-1-3-7-19/h1-13,23,25-26,30,32H,14-18,29H2,(H,34,35)/t23-,25+,26+/m1/s1. The summed E-state index contributed by atoms with van der Waals surface area (Å²) >= 11 is 0. The van der Waals surface area contributed by atoms with Crippen molar-refractivity contribution in [1.29, 1.82) is 0 Å². The van der Waals surface area contributed by atoms with E-state index in [1.807, 2.05) is 48.5 Å². The van der Waals surface area contributed by atoms with Crippen LogP contribution in [0.15, 0.2) is 78.9 Å². The molecule has 0 radical (unpaired) electrons. The van der Waals surface area contributed by atoms with Gasteiger partial charge in [0, 0.05) is 19.1 Å². The van der Waals surface area contributed by atoms with E-state index in [9.17, 15) is 19.8 Å². The first-order valence-electron chi connectivity index (χ1n) is 11.8. The molecule has 7 heteroatoms. The number of aromatic hydroxyl groups is 1. The van der Waals surface area contributed by atoms with Crippen LogP contribution in [0.4, 0.5) is 0 Å². The smallest absolute Gasteiger partial charge is 0.321 e. The Morgan fingerprint density at radius 3 is 2.23 bits per heavy atom. The van der Waals surface area contributed by atoms with Gasteiger partial charge in [0.25, 0.3) is 0 Å². The summed E-state index contributed by atoms with van der Waals surface area (Å²) in [5.41, 5.74) is 10.4. The summed E-state index contributed by atoms with van der Waals surface area (Å²) in [7, 11) is 0. The number of nitrogens with one attached hydrogen (secondary N) is 1. The van der Waals surface area contributed by atoms with Crippen LogP contribution in [0.3, 0.4) is 0 Å². The van der Waals surface area contributed by atoms with Crippen molar-refractivity contribution >= 4 is 11.9 Å². The van der Waals surface area contributed by atoms with Gasteiger partial charge in [0.1, 0.15) is 11.8 Å². The van der Waals surface area contributed by atoms with E-state index in [0.29, 0.717) is 32.4 Å². The Hall–Kier alpha value is -3.68. The highest BCUT2D eigenvalue weighted by atomic mass is 16.4. The van der Waals surface area contributed by atoms with Gasteiger partial charge < -0.3 is 26.2 Å². The maximum Gasteiger partial charge on any atom is 0.321 e. The maximum absolute atomic E-state index is 13.5. The molecule has 1 aliphatic heterocycles. The number of carboxylic acids is 1. The fraction of sp³-hybridized carbons (Fsp3) is 0.286. The number of carbonyl (C=O) groups excluding carboxylic acids is 1. The first-order valence-corrected chi connectivity index (χ1v) is 11.8. The first-order chi connectivity index (χ1) is 16.9. The third-order valence-electron chi connectivity index (χ3n) is 6.53. The van der Waals surface area contributed by atoms with Gasteiger partial charge in [-0.2, -0.15) is 0 Å². The monoisotopic (exact) mass is 473 g/mol. The van der Waals surface area contributed by atoms with Crippen LogP contribution in [0.5, 0.6) is 5.75 Å². The maximum atomic E-state index is 13.5. The van der Waals surface area contributed by atoms with Crippen molar-refractivity contribution in [3.8, 4) is 5.75 Å².